The summed E-state index contributed by atoms with van der Waals surface area (Å²) < 4.78 is 0. The first-order valence-corrected chi connectivity index (χ1v) is 11.9. The highest BCUT2D eigenvalue weighted by Gasteiger charge is 2.32. The minimum absolute atomic E-state index is 0.308. The molecule has 0 saturated carbocycles. The maximum Gasteiger partial charge on any atom is 0.373 e. The number of hydrogen-bond donors (Lipinski definition) is 0. The molecule has 0 spiro atoms. The van der Waals surface area contributed by atoms with Gasteiger partial charge in [0.1, 0.15) is 0 Å². The number of hydrogen-bond acceptors (Lipinski definition) is 6. The maximum absolute atomic E-state index is 12.5. The molecule has 6 heteroatoms. The van der Waals surface area contributed by atoms with Crippen molar-refractivity contribution in [2.24, 2.45) is 5.41 Å². The molecule has 6 nitrogen and oxygen atoms in total. The predicted molar refractivity (Wildman–Crippen MR) is 140 cm³/mol. The van der Waals surface area contributed by atoms with Gasteiger partial charge in [-0.25, -0.2) is 9.59 Å². The molecule has 0 heterocycles. The molecular formula is C31H28O6. The lowest BCUT2D eigenvalue weighted by Crippen LogP contribution is -2.34. The van der Waals surface area contributed by atoms with Crippen LogP contribution in [0.15, 0.2) is 109 Å². The van der Waals surface area contributed by atoms with E-state index in [9.17, 15) is 9.59 Å². The van der Waals surface area contributed by atoms with Crippen molar-refractivity contribution in [2.75, 3.05) is 0 Å². The second kappa shape index (κ2) is 11.6. The van der Waals surface area contributed by atoms with Gasteiger partial charge in [-0.15, -0.1) is 9.78 Å². The van der Waals surface area contributed by atoms with Gasteiger partial charge < -0.3 is 0 Å². The largest absolute Gasteiger partial charge is 0.373 e. The van der Waals surface area contributed by atoms with Gasteiger partial charge in [0, 0.05) is 5.41 Å². The fraction of sp³-hybridized carbons (Fsp3) is 0.161. The Balaban J connectivity index is 1.33. The van der Waals surface area contributed by atoms with E-state index in [1.54, 1.807) is 45.0 Å². The highest BCUT2D eigenvalue weighted by molar-refractivity contribution is 5.90. The van der Waals surface area contributed by atoms with Gasteiger partial charge >= 0.3 is 11.9 Å². The van der Waals surface area contributed by atoms with Crippen molar-refractivity contribution in [3.8, 4) is 22.3 Å². The van der Waals surface area contributed by atoms with Crippen molar-refractivity contribution in [3.63, 3.8) is 0 Å². The summed E-state index contributed by atoms with van der Waals surface area (Å²) in [6.07, 6.45) is -1.16. The van der Waals surface area contributed by atoms with E-state index in [1.165, 1.54) is 0 Å². The molecule has 0 aliphatic carbocycles. The molecule has 4 rings (SSSR count). The molecule has 0 aromatic heterocycles. The Morgan fingerprint density at radius 2 is 0.838 bits per heavy atom. The first-order valence-electron chi connectivity index (χ1n) is 11.9. The van der Waals surface area contributed by atoms with Gasteiger partial charge in [-0.05, 0) is 46.5 Å². The van der Waals surface area contributed by atoms with E-state index in [0.717, 1.165) is 22.3 Å². The molecule has 0 atom stereocenters. The van der Waals surface area contributed by atoms with Crippen molar-refractivity contribution >= 4 is 11.9 Å². The molecule has 0 fully saturated rings. The average Bonchev–Trinajstić information content (AvgIpc) is 2.93. The van der Waals surface area contributed by atoms with Crippen molar-refractivity contribution in [1.29, 1.82) is 0 Å². The van der Waals surface area contributed by atoms with Gasteiger partial charge in [0.15, 0.2) is 0 Å². The third-order valence-electron chi connectivity index (χ3n) is 5.58. The first kappa shape index (κ1) is 25.8. The Morgan fingerprint density at radius 1 is 0.514 bits per heavy atom. The molecule has 0 aliphatic rings. The average molecular weight is 497 g/mol. The highest BCUT2D eigenvalue weighted by atomic mass is 17.3. The lowest BCUT2D eigenvalue weighted by Gasteiger charge is -2.26. The van der Waals surface area contributed by atoms with Crippen LogP contribution in [0.3, 0.4) is 0 Å². The van der Waals surface area contributed by atoms with Crippen LogP contribution in [0.5, 0.6) is 0 Å². The zero-order chi connectivity index (χ0) is 26.3. The van der Waals surface area contributed by atoms with Crippen LogP contribution in [0.25, 0.3) is 22.3 Å². The van der Waals surface area contributed by atoms with Crippen LogP contribution in [0.2, 0.25) is 0 Å². The van der Waals surface area contributed by atoms with Crippen LogP contribution in [0.4, 0.5) is 0 Å². The fourth-order valence-electron chi connectivity index (χ4n) is 3.43. The first-order chi connectivity index (χ1) is 17.8. The van der Waals surface area contributed by atoms with E-state index in [1.807, 2.05) is 84.9 Å². The zero-order valence-electron chi connectivity index (χ0n) is 20.9. The second-order valence-corrected chi connectivity index (χ2v) is 9.52. The van der Waals surface area contributed by atoms with Gasteiger partial charge in [-0.2, -0.15) is 0 Å². The smallest absolute Gasteiger partial charge is 0.290 e. The summed E-state index contributed by atoms with van der Waals surface area (Å²) in [5.74, 6) is -1.39. The number of carbonyl (C=O) groups is 2. The molecule has 188 valence electrons. The van der Waals surface area contributed by atoms with Crippen molar-refractivity contribution in [2.45, 2.75) is 27.1 Å². The lowest BCUT2D eigenvalue weighted by molar-refractivity contribution is -0.442. The van der Waals surface area contributed by atoms with E-state index in [-0.39, 0.29) is 0 Å². The zero-order valence-corrected chi connectivity index (χ0v) is 20.9. The minimum Gasteiger partial charge on any atom is -0.290 e. The summed E-state index contributed by atoms with van der Waals surface area (Å²) in [4.78, 5) is 45.6. The summed E-state index contributed by atoms with van der Waals surface area (Å²) in [5, 5.41) is 0. The van der Waals surface area contributed by atoms with Gasteiger partial charge in [-0.3, -0.25) is 9.78 Å². The summed E-state index contributed by atoms with van der Waals surface area (Å²) in [6.45, 7) is 5.38. The maximum atomic E-state index is 12.5. The normalized spacial score (nSPS) is 11.2. The third-order valence-corrected chi connectivity index (χ3v) is 5.58. The van der Waals surface area contributed by atoms with Crippen molar-refractivity contribution in [3.05, 3.63) is 120 Å². The third kappa shape index (κ3) is 6.91. The predicted octanol–water partition coefficient (Wildman–Crippen LogP) is 7.27. The molecule has 0 N–H and O–H groups in total. The molecule has 0 amide bonds. The highest BCUT2D eigenvalue weighted by Crippen LogP contribution is 2.26. The van der Waals surface area contributed by atoms with Crippen LogP contribution >= 0.6 is 0 Å². The minimum atomic E-state index is -1.16. The second-order valence-electron chi connectivity index (χ2n) is 9.52. The topological polar surface area (TPSA) is 71.1 Å². The molecule has 4 aromatic carbocycles. The number of rotatable bonds is 8. The summed E-state index contributed by atoms with van der Waals surface area (Å²) >= 11 is 0. The molecule has 0 saturated heterocycles. The summed E-state index contributed by atoms with van der Waals surface area (Å²) in [5.41, 5.74) is 3.96. The Bertz CT molecular complexity index is 1210. The molecule has 0 unspecified atom stereocenters. The molecular weight excluding hydrogens is 468 g/mol. The standard InChI is InChI=1S/C31H28O6/c1-31(2,3)30(36-34-28(32)26-18-14-24(15-19-26)22-10-6-4-7-11-22)37-35-29(33)27-20-16-25(17-21-27)23-12-8-5-9-13-23/h4-21,30H,1-3H3. The molecule has 0 bridgehead atoms. The van der Waals surface area contributed by atoms with Gasteiger partial charge in [0.25, 0.3) is 6.29 Å². The van der Waals surface area contributed by atoms with E-state index in [4.69, 9.17) is 19.6 Å². The molecule has 4 aromatic rings. The molecule has 37 heavy (non-hydrogen) atoms. The van der Waals surface area contributed by atoms with Crippen LogP contribution < -0.4 is 0 Å². The van der Waals surface area contributed by atoms with Crippen LogP contribution in [-0.4, -0.2) is 18.2 Å². The molecule has 0 radical (unpaired) electrons. The SMILES string of the molecule is CC(C)(C)C(OOC(=O)c1ccc(-c2ccccc2)cc1)OOC(=O)c1ccc(-c2ccccc2)cc1. The monoisotopic (exact) mass is 496 g/mol. The van der Waals surface area contributed by atoms with Gasteiger partial charge in [-0.1, -0.05) is 106 Å². The Morgan fingerprint density at radius 3 is 1.16 bits per heavy atom. The van der Waals surface area contributed by atoms with E-state index in [0.29, 0.717) is 11.1 Å². The lowest BCUT2D eigenvalue weighted by atomic mass is 9.96. The van der Waals surface area contributed by atoms with E-state index >= 15 is 0 Å². The van der Waals surface area contributed by atoms with E-state index < -0.39 is 23.6 Å². The quantitative estimate of drug-likeness (QED) is 0.145. The molecule has 0 aliphatic heterocycles. The van der Waals surface area contributed by atoms with Gasteiger partial charge in [0.05, 0.1) is 11.1 Å². The Labute approximate surface area is 216 Å². The van der Waals surface area contributed by atoms with Crippen LogP contribution in [0, 0.1) is 5.41 Å². The van der Waals surface area contributed by atoms with Crippen molar-refractivity contribution in [1.82, 2.24) is 0 Å². The van der Waals surface area contributed by atoms with Crippen LogP contribution in [-0.2, 0) is 19.6 Å². The Hall–Kier alpha value is -4.26. The Kier molecular flexibility index (Phi) is 8.13. The summed E-state index contributed by atoms with van der Waals surface area (Å²) in [6, 6.07) is 33.6. The van der Waals surface area contributed by atoms with E-state index in [2.05, 4.69) is 0 Å². The summed E-state index contributed by atoms with van der Waals surface area (Å²) in [7, 11) is 0. The van der Waals surface area contributed by atoms with Crippen LogP contribution in [0.1, 0.15) is 41.5 Å². The number of carbonyl (C=O) groups excluding carboxylic acids is 2. The van der Waals surface area contributed by atoms with Gasteiger partial charge in [0.2, 0.25) is 0 Å². The fourth-order valence-corrected chi connectivity index (χ4v) is 3.43. The van der Waals surface area contributed by atoms with Crippen molar-refractivity contribution < 1.29 is 29.1 Å². The number of benzene rings is 4.